The Kier molecular flexibility index (Phi) is 10.2. The van der Waals surface area contributed by atoms with Crippen molar-refractivity contribution in [2.75, 3.05) is 6.54 Å². The van der Waals surface area contributed by atoms with Gasteiger partial charge in [0.05, 0.1) is 0 Å². The Morgan fingerprint density at radius 2 is 1.74 bits per heavy atom. The molecule has 0 unspecified atom stereocenters. The summed E-state index contributed by atoms with van der Waals surface area (Å²) in [6.07, 6.45) is 4.86. The van der Waals surface area contributed by atoms with Gasteiger partial charge in [0.1, 0.15) is 0 Å². The second-order valence-electron chi connectivity index (χ2n) is 4.72. The molecule has 0 fully saturated rings. The molecular formula is C15H25ClN2O. The van der Waals surface area contributed by atoms with Crippen molar-refractivity contribution in [3.05, 3.63) is 35.4 Å². The van der Waals surface area contributed by atoms with Gasteiger partial charge in [0, 0.05) is 13.0 Å². The molecule has 1 aromatic rings. The summed E-state index contributed by atoms with van der Waals surface area (Å²) in [6, 6.07) is 8.23. The SMILES string of the molecule is Cc1ccc(CNC(=O)CCCCCCN)cc1.Cl. The largest absolute Gasteiger partial charge is 0.352 e. The van der Waals surface area contributed by atoms with Crippen LogP contribution in [-0.4, -0.2) is 12.5 Å². The zero-order valence-electron chi connectivity index (χ0n) is 11.7. The third-order valence-corrected chi connectivity index (χ3v) is 2.97. The lowest BCUT2D eigenvalue weighted by molar-refractivity contribution is -0.121. The number of nitrogens with one attached hydrogen (secondary N) is 1. The normalized spacial score (nSPS) is 9.79. The molecule has 0 spiro atoms. The number of unbranched alkanes of at least 4 members (excludes halogenated alkanes) is 3. The van der Waals surface area contributed by atoms with E-state index >= 15 is 0 Å². The van der Waals surface area contributed by atoms with Gasteiger partial charge in [0.25, 0.3) is 0 Å². The third-order valence-electron chi connectivity index (χ3n) is 2.97. The molecule has 4 heteroatoms. The van der Waals surface area contributed by atoms with E-state index in [4.69, 9.17) is 5.73 Å². The summed E-state index contributed by atoms with van der Waals surface area (Å²) in [5.74, 6) is 0.142. The molecule has 0 atom stereocenters. The molecule has 0 aliphatic heterocycles. The maximum absolute atomic E-state index is 11.6. The average Bonchev–Trinajstić information content (AvgIpc) is 2.38. The summed E-state index contributed by atoms with van der Waals surface area (Å²) in [7, 11) is 0. The topological polar surface area (TPSA) is 55.1 Å². The van der Waals surface area contributed by atoms with E-state index in [0.29, 0.717) is 13.0 Å². The van der Waals surface area contributed by atoms with Gasteiger partial charge in [0.2, 0.25) is 5.91 Å². The quantitative estimate of drug-likeness (QED) is 0.721. The molecule has 0 radical (unpaired) electrons. The van der Waals surface area contributed by atoms with Gasteiger partial charge in [-0.15, -0.1) is 12.4 Å². The Balaban J connectivity index is 0.00000324. The van der Waals surface area contributed by atoms with Crippen molar-refractivity contribution in [1.82, 2.24) is 5.32 Å². The van der Waals surface area contributed by atoms with Gasteiger partial charge in [0.15, 0.2) is 0 Å². The van der Waals surface area contributed by atoms with Crippen molar-refractivity contribution >= 4 is 18.3 Å². The van der Waals surface area contributed by atoms with Crippen molar-refractivity contribution in [2.24, 2.45) is 5.73 Å². The zero-order valence-corrected chi connectivity index (χ0v) is 12.5. The molecule has 1 amide bonds. The molecule has 0 aromatic heterocycles. The van der Waals surface area contributed by atoms with Crippen molar-refractivity contribution in [2.45, 2.75) is 45.6 Å². The molecule has 0 heterocycles. The first-order valence-electron chi connectivity index (χ1n) is 6.74. The van der Waals surface area contributed by atoms with Crippen LogP contribution >= 0.6 is 12.4 Å². The average molecular weight is 285 g/mol. The summed E-state index contributed by atoms with van der Waals surface area (Å²) in [4.78, 5) is 11.6. The van der Waals surface area contributed by atoms with E-state index < -0.39 is 0 Å². The first-order valence-corrected chi connectivity index (χ1v) is 6.74. The molecule has 1 aromatic carbocycles. The Labute approximate surface area is 122 Å². The molecule has 0 aliphatic rings. The molecule has 3 N–H and O–H groups in total. The summed E-state index contributed by atoms with van der Waals surface area (Å²) in [5.41, 5.74) is 7.80. The highest BCUT2D eigenvalue weighted by Crippen LogP contribution is 2.04. The lowest BCUT2D eigenvalue weighted by Crippen LogP contribution is -2.22. The molecule has 1 rings (SSSR count). The summed E-state index contributed by atoms with van der Waals surface area (Å²) >= 11 is 0. The summed E-state index contributed by atoms with van der Waals surface area (Å²) in [5, 5.41) is 2.95. The zero-order chi connectivity index (χ0) is 13.2. The monoisotopic (exact) mass is 284 g/mol. The number of halogens is 1. The van der Waals surface area contributed by atoms with Gasteiger partial charge in [-0.3, -0.25) is 4.79 Å². The van der Waals surface area contributed by atoms with Crippen molar-refractivity contribution < 1.29 is 4.79 Å². The van der Waals surface area contributed by atoms with Gasteiger partial charge in [-0.2, -0.15) is 0 Å². The highest BCUT2D eigenvalue weighted by atomic mass is 35.5. The summed E-state index contributed by atoms with van der Waals surface area (Å²) < 4.78 is 0. The molecule has 108 valence electrons. The minimum absolute atomic E-state index is 0. The van der Waals surface area contributed by atoms with Crippen molar-refractivity contribution in [3.8, 4) is 0 Å². The molecular weight excluding hydrogens is 260 g/mol. The second kappa shape index (κ2) is 10.8. The molecule has 0 saturated carbocycles. The number of nitrogens with two attached hydrogens (primary N) is 1. The van der Waals surface area contributed by atoms with Crippen LogP contribution in [0.3, 0.4) is 0 Å². The summed E-state index contributed by atoms with van der Waals surface area (Å²) in [6.45, 7) is 3.44. The number of carbonyl (C=O) groups excluding carboxylic acids is 1. The van der Waals surface area contributed by atoms with Gasteiger partial charge < -0.3 is 11.1 Å². The Morgan fingerprint density at radius 3 is 2.37 bits per heavy atom. The van der Waals surface area contributed by atoms with Crippen LogP contribution in [0, 0.1) is 6.92 Å². The van der Waals surface area contributed by atoms with E-state index in [1.165, 1.54) is 5.56 Å². The van der Waals surface area contributed by atoms with Gasteiger partial charge in [-0.1, -0.05) is 42.7 Å². The van der Waals surface area contributed by atoms with Crippen LogP contribution in [-0.2, 0) is 11.3 Å². The Bertz CT molecular complexity index is 352. The van der Waals surface area contributed by atoms with Gasteiger partial charge in [-0.25, -0.2) is 0 Å². The number of amides is 1. The first-order chi connectivity index (χ1) is 8.72. The van der Waals surface area contributed by atoms with Crippen LogP contribution in [0.4, 0.5) is 0 Å². The molecule has 19 heavy (non-hydrogen) atoms. The van der Waals surface area contributed by atoms with E-state index in [1.54, 1.807) is 0 Å². The van der Waals surface area contributed by atoms with E-state index in [0.717, 1.165) is 37.8 Å². The van der Waals surface area contributed by atoms with E-state index in [2.05, 4.69) is 36.5 Å². The lowest BCUT2D eigenvalue weighted by Gasteiger charge is -2.05. The standard InChI is InChI=1S/C15H24N2O.ClH/c1-13-7-9-14(10-8-13)12-17-15(18)6-4-2-3-5-11-16;/h7-10H,2-6,11-12,16H2,1H3,(H,17,18);1H. The highest BCUT2D eigenvalue weighted by Gasteiger charge is 2.01. The van der Waals surface area contributed by atoms with E-state index in [-0.39, 0.29) is 18.3 Å². The van der Waals surface area contributed by atoms with Crippen LogP contribution in [0.15, 0.2) is 24.3 Å². The fraction of sp³-hybridized carbons (Fsp3) is 0.533. The molecule has 0 bridgehead atoms. The predicted octanol–water partition coefficient (Wildman–Crippen LogP) is 2.94. The highest BCUT2D eigenvalue weighted by molar-refractivity contribution is 5.85. The second-order valence-corrected chi connectivity index (χ2v) is 4.72. The van der Waals surface area contributed by atoms with Crippen LogP contribution in [0.1, 0.15) is 43.2 Å². The molecule has 0 aliphatic carbocycles. The lowest BCUT2D eigenvalue weighted by atomic mass is 10.1. The van der Waals surface area contributed by atoms with Crippen molar-refractivity contribution in [1.29, 1.82) is 0 Å². The third kappa shape index (κ3) is 8.62. The van der Waals surface area contributed by atoms with E-state index in [1.807, 2.05) is 0 Å². The number of benzene rings is 1. The van der Waals surface area contributed by atoms with Gasteiger partial charge >= 0.3 is 0 Å². The van der Waals surface area contributed by atoms with Gasteiger partial charge in [-0.05, 0) is 31.9 Å². The van der Waals surface area contributed by atoms with Crippen LogP contribution in [0.25, 0.3) is 0 Å². The van der Waals surface area contributed by atoms with Crippen LogP contribution < -0.4 is 11.1 Å². The predicted molar refractivity (Wildman–Crippen MR) is 82.4 cm³/mol. The number of aryl methyl sites for hydroxylation is 1. The first kappa shape index (κ1) is 17.9. The molecule has 3 nitrogen and oxygen atoms in total. The van der Waals surface area contributed by atoms with Crippen LogP contribution in [0.2, 0.25) is 0 Å². The van der Waals surface area contributed by atoms with Crippen LogP contribution in [0.5, 0.6) is 0 Å². The Hall–Kier alpha value is -1.06. The smallest absolute Gasteiger partial charge is 0.220 e. The minimum atomic E-state index is 0. The van der Waals surface area contributed by atoms with Crippen molar-refractivity contribution in [3.63, 3.8) is 0 Å². The maximum Gasteiger partial charge on any atom is 0.220 e. The number of hydrogen-bond acceptors (Lipinski definition) is 2. The fourth-order valence-electron chi connectivity index (χ4n) is 1.78. The molecule has 0 saturated heterocycles. The fourth-order valence-corrected chi connectivity index (χ4v) is 1.78. The number of carbonyl (C=O) groups is 1. The minimum Gasteiger partial charge on any atom is -0.352 e. The number of hydrogen-bond donors (Lipinski definition) is 2. The Morgan fingerprint density at radius 1 is 1.11 bits per heavy atom. The van der Waals surface area contributed by atoms with E-state index in [9.17, 15) is 4.79 Å². The number of rotatable bonds is 8. The maximum atomic E-state index is 11.6.